The van der Waals surface area contributed by atoms with Gasteiger partial charge in [0.05, 0.1) is 6.54 Å². The number of aliphatic carboxylic acids is 1. The maximum atomic E-state index is 12.0. The lowest BCUT2D eigenvalue weighted by atomic mass is 10.1. The molecule has 1 atom stereocenters. The highest BCUT2D eigenvalue weighted by atomic mass is 16.5. The minimum Gasteiger partial charge on any atom is -0.481 e. The number of nitrogens with one attached hydrogen (secondary N) is 3. The predicted molar refractivity (Wildman–Crippen MR) is 130 cm³/mol. The van der Waals surface area contributed by atoms with E-state index in [-0.39, 0.29) is 31.1 Å². The Kier molecular flexibility index (Phi) is 14.5. The molecule has 2 amide bonds. The van der Waals surface area contributed by atoms with Crippen molar-refractivity contribution in [3.63, 3.8) is 0 Å². The number of benzene rings is 1. The van der Waals surface area contributed by atoms with Crippen LogP contribution in [-0.4, -0.2) is 46.6 Å². The fourth-order valence-electron chi connectivity index (χ4n) is 3.41. The Hall–Kier alpha value is -3.34. The van der Waals surface area contributed by atoms with E-state index >= 15 is 0 Å². The van der Waals surface area contributed by atoms with Crippen LogP contribution in [0, 0.1) is 0 Å². The zero-order valence-corrected chi connectivity index (χ0v) is 19.6. The van der Waals surface area contributed by atoms with Gasteiger partial charge in [0.25, 0.3) is 5.91 Å². The molecule has 0 aliphatic rings. The molecule has 0 aromatic heterocycles. The Morgan fingerprint density at radius 3 is 2.24 bits per heavy atom. The number of unbranched alkanes of at least 4 members (excludes halogenated alkanes) is 6. The Bertz CT molecular complexity index is 798. The van der Waals surface area contributed by atoms with Gasteiger partial charge in [0, 0.05) is 25.1 Å². The second kappa shape index (κ2) is 17.2. The molecule has 1 unspecified atom stereocenters. The maximum Gasteiger partial charge on any atom is 0.303 e. The van der Waals surface area contributed by atoms with Gasteiger partial charge in [-0.3, -0.25) is 19.6 Å². The number of para-hydroxylation sites is 1. The van der Waals surface area contributed by atoms with Crippen molar-refractivity contribution in [3.8, 4) is 0 Å². The van der Waals surface area contributed by atoms with Crippen molar-refractivity contribution in [1.82, 2.24) is 10.8 Å². The Morgan fingerprint density at radius 1 is 0.941 bits per heavy atom. The van der Waals surface area contributed by atoms with E-state index in [1.54, 1.807) is 0 Å². The predicted octanol–water partition coefficient (Wildman–Crippen LogP) is 1.85. The van der Waals surface area contributed by atoms with Gasteiger partial charge in [-0.2, -0.15) is 0 Å². The monoisotopic (exact) mass is 478 g/mol. The van der Waals surface area contributed by atoms with Crippen LogP contribution < -0.4 is 27.6 Å². The molecule has 11 heteroatoms. The summed E-state index contributed by atoms with van der Waals surface area (Å²) >= 11 is 0. The van der Waals surface area contributed by atoms with E-state index in [2.05, 4.69) is 15.6 Å². The number of carboxylic acids is 1. The van der Waals surface area contributed by atoms with E-state index in [1.165, 1.54) is 5.48 Å². The number of hydrogen-bond acceptors (Lipinski definition) is 6. The normalized spacial score (nSPS) is 11.3. The first-order valence-electron chi connectivity index (χ1n) is 11.7. The third kappa shape index (κ3) is 13.3. The van der Waals surface area contributed by atoms with Crippen LogP contribution in [0.3, 0.4) is 0 Å². The second-order valence-corrected chi connectivity index (χ2v) is 8.08. The molecule has 1 rings (SSSR count). The number of carboxylic acid groups (broad SMARTS) is 1. The summed E-state index contributed by atoms with van der Waals surface area (Å²) in [4.78, 5) is 38.3. The molecule has 34 heavy (non-hydrogen) atoms. The van der Waals surface area contributed by atoms with Crippen LogP contribution in [0.1, 0.15) is 69.8 Å². The number of nitrogens with zero attached hydrogens (tertiary/aromatic N) is 1. The highest BCUT2D eigenvalue weighted by Gasteiger charge is 2.21. The van der Waals surface area contributed by atoms with E-state index in [1.807, 2.05) is 24.3 Å². The summed E-state index contributed by atoms with van der Waals surface area (Å²) in [5.74, 6) is -2.15. The Morgan fingerprint density at radius 2 is 1.59 bits per heavy atom. The van der Waals surface area contributed by atoms with Crippen LogP contribution in [0.5, 0.6) is 0 Å². The number of aliphatic imine (C=N–C) groups is 1. The summed E-state index contributed by atoms with van der Waals surface area (Å²) in [6, 6.07) is 6.88. The molecular formula is C23H38N6O5. The molecule has 0 fully saturated rings. The number of hydroxylamine groups is 1. The van der Waals surface area contributed by atoms with Crippen LogP contribution >= 0.6 is 0 Å². The third-order valence-corrected chi connectivity index (χ3v) is 5.25. The van der Waals surface area contributed by atoms with Crippen molar-refractivity contribution in [2.75, 3.05) is 11.9 Å². The third-order valence-electron chi connectivity index (χ3n) is 5.25. The lowest BCUT2D eigenvalue weighted by Gasteiger charge is -2.15. The number of carbonyl (C=O) groups excluding carboxylic acids is 2. The van der Waals surface area contributed by atoms with E-state index < -0.39 is 17.9 Å². The van der Waals surface area contributed by atoms with Gasteiger partial charge in [-0.05, 0) is 30.9 Å². The molecule has 1 aromatic carbocycles. The van der Waals surface area contributed by atoms with Crippen LogP contribution in [-0.2, 0) is 20.9 Å². The Labute approximate surface area is 200 Å². The largest absolute Gasteiger partial charge is 0.481 e. The van der Waals surface area contributed by atoms with E-state index in [0.29, 0.717) is 13.0 Å². The van der Waals surface area contributed by atoms with Gasteiger partial charge in [0.2, 0.25) is 5.91 Å². The molecule has 11 nitrogen and oxygen atoms in total. The molecule has 0 spiro atoms. The van der Waals surface area contributed by atoms with Crippen LogP contribution in [0.15, 0.2) is 29.3 Å². The molecule has 9 N–H and O–H groups in total. The molecule has 0 radical (unpaired) electrons. The standard InChI is InChI=1S/C23H38N6O5/c24-23(25)27-16-17-10-7-8-11-18(17)26-15-9-5-3-1-2-4-6-12-20(30)28-19(22(33)29-34)13-14-21(31)32/h7-8,10-11,19,26,34H,1-6,9,12-16H2,(H,28,30)(H,29,33)(H,31,32)(H4,24,25,27). The number of amides is 2. The summed E-state index contributed by atoms with van der Waals surface area (Å²) in [6.07, 6.45) is 6.83. The van der Waals surface area contributed by atoms with Gasteiger partial charge in [0.15, 0.2) is 5.96 Å². The van der Waals surface area contributed by atoms with E-state index in [4.69, 9.17) is 21.8 Å². The highest BCUT2D eigenvalue weighted by molar-refractivity contribution is 5.87. The van der Waals surface area contributed by atoms with Crippen LogP contribution in [0.4, 0.5) is 5.69 Å². The van der Waals surface area contributed by atoms with Crippen molar-refractivity contribution in [3.05, 3.63) is 29.8 Å². The number of carbonyl (C=O) groups is 3. The fraction of sp³-hybridized carbons (Fsp3) is 0.565. The van der Waals surface area contributed by atoms with Gasteiger partial charge >= 0.3 is 5.97 Å². The topological polar surface area (TPSA) is 192 Å². The fourth-order valence-corrected chi connectivity index (χ4v) is 3.41. The smallest absolute Gasteiger partial charge is 0.303 e. The van der Waals surface area contributed by atoms with E-state index in [9.17, 15) is 14.4 Å². The van der Waals surface area contributed by atoms with Crippen molar-refractivity contribution in [1.29, 1.82) is 0 Å². The first-order chi connectivity index (χ1) is 16.3. The quantitative estimate of drug-likeness (QED) is 0.0546. The average molecular weight is 479 g/mol. The molecule has 0 aliphatic carbocycles. The van der Waals surface area contributed by atoms with Crippen LogP contribution in [0.2, 0.25) is 0 Å². The molecule has 1 aromatic rings. The van der Waals surface area contributed by atoms with Crippen molar-refractivity contribution < 1.29 is 24.7 Å². The van der Waals surface area contributed by atoms with Crippen molar-refractivity contribution in [2.45, 2.75) is 76.8 Å². The molecule has 0 bridgehead atoms. The van der Waals surface area contributed by atoms with Gasteiger partial charge in [-0.1, -0.05) is 50.3 Å². The highest BCUT2D eigenvalue weighted by Crippen LogP contribution is 2.16. The minimum atomic E-state index is -1.08. The van der Waals surface area contributed by atoms with Crippen molar-refractivity contribution in [2.24, 2.45) is 16.5 Å². The number of anilines is 1. The number of hydrogen-bond donors (Lipinski definition) is 7. The van der Waals surface area contributed by atoms with Crippen molar-refractivity contribution >= 4 is 29.4 Å². The molecular weight excluding hydrogens is 440 g/mol. The van der Waals surface area contributed by atoms with Gasteiger partial charge in [-0.15, -0.1) is 0 Å². The van der Waals surface area contributed by atoms with E-state index in [0.717, 1.165) is 56.3 Å². The van der Waals surface area contributed by atoms with Crippen LogP contribution in [0.25, 0.3) is 0 Å². The molecule has 0 saturated heterocycles. The van der Waals surface area contributed by atoms with Gasteiger partial charge in [0.1, 0.15) is 6.04 Å². The number of nitrogens with two attached hydrogens (primary N) is 2. The maximum absolute atomic E-state index is 12.0. The lowest BCUT2D eigenvalue weighted by Crippen LogP contribution is -2.46. The minimum absolute atomic E-state index is 0.0736. The summed E-state index contributed by atoms with van der Waals surface area (Å²) in [6.45, 7) is 1.31. The Balaban J connectivity index is 2.12. The molecule has 0 saturated carbocycles. The zero-order valence-electron chi connectivity index (χ0n) is 19.6. The van der Waals surface area contributed by atoms with Gasteiger partial charge in [-0.25, -0.2) is 10.5 Å². The summed E-state index contributed by atoms with van der Waals surface area (Å²) < 4.78 is 0. The van der Waals surface area contributed by atoms with Gasteiger partial charge < -0.3 is 27.2 Å². The first kappa shape index (κ1) is 28.7. The summed E-state index contributed by atoms with van der Waals surface area (Å²) in [5.41, 5.74) is 14.3. The first-order valence-corrected chi connectivity index (χ1v) is 11.7. The summed E-state index contributed by atoms with van der Waals surface area (Å²) in [7, 11) is 0. The SMILES string of the molecule is NC(N)=NCc1ccccc1NCCCCCCCCCC(=O)NC(CCC(=O)O)C(=O)NO. The molecule has 190 valence electrons. The molecule has 0 heterocycles. The zero-order chi connectivity index (χ0) is 25.2. The number of rotatable bonds is 18. The summed E-state index contributed by atoms with van der Waals surface area (Å²) in [5, 5.41) is 23.4. The molecule has 0 aliphatic heterocycles. The second-order valence-electron chi connectivity index (χ2n) is 8.08. The average Bonchev–Trinajstić information content (AvgIpc) is 2.81. The number of guanidine groups is 1. The lowest BCUT2D eigenvalue weighted by molar-refractivity contribution is -0.139.